The van der Waals surface area contributed by atoms with Gasteiger partial charge >= 0.3 is 0 Å². The third-order valence-corrected chi connectivity index (χ3v) is 4.06. The fourth-order valence-corrected chi connectivity index (χ4v) is 2.84. The second-order valence-electron chi connectivity index (χ2n) is 5.95. The molecule has 0 bridgehead atoms. The molecule has 1 unspecified atom stereocenters. The van der Waals surface area contributed by atoms with Crippen molar-refractivity contribution in [2.24, 2.45) is 5.92 Å². The van der Waals surface area contributed by atoms with Crippen LogP contribution in [0, 0.1) is 12.8 Å². The van der Waals surface area contributed by atoms with Crippen LogP contribution in [-0.2, 0) is 6.42 Å². The Balaban J connectivity index is 2.27. The third kappa shape index (κ3) is 4.01. The van der Waals surface area contributed by atoms with Crippen molar-refractivity contribution in [2.45, 2.75) is 32.6 Å². The molecule has 0 amide bonds. The second kappa shape index (κ2) is 7.00. The number of hydrogen-bond donors (Lipinski definition) is 0. The van der Waals surface area contributed by atoms with Gasteiger partial charge in [-0.2, -0.15) is 0 Å². The van der Waals surface area contributed by atoms with Crippen LogP contribution in [0.15, 0.2) is 42.5 Å². The van der Waals surface area contributed by atoms with Gasteiger partial charge in [-0.25, -0.2) is 0 Å². The van der Waals surface area contributed by atoms with Crippen molar-refractivity contribution in [3.05, 3.63) is 64.7 Å². The van der Waals surface area contributed by atoms with Gasteiger partial charge in [0.2, 0.25) is 0 Å². The minimum Gasteiger partial charge on any atom is -0.496 e. The van der Waals surface area contributed by atoms with E-state index < -0.39 is 0 Å². The second-order valence-corrected chi connectivity index (χ2v) is 6.38. The van der Waals surface area contributed by atoms with E-state index in [1.54, 1.807) is 7.11 Å². The Bertz CT molecular complexity index is 587. The first kappa shape index (κ1) is 15.9. The quantitative estimate of drug-likeness (QED) is 0.660. The van der Waals surface area contributed by atoms with Gasteiger partial charge < -0.3 is 4.74 Å². The van der Waals surface area contributed by atoms with Crippen molar-refractivity contribution < 1.29 is 4.74 Å². The van der Waals surface area contributed by atoms with Gasteiger partial charge in [-0.15, -0.1) is 11.6 Å². The van der Waals surface area contributed by atoms with Crippen molar-refractivity contribution in [2.75, 3.05) is 7.11 Å². The molecule has 2 rings (SSSR count). The molecular formula is C19H23ClO. The lowest BCUT2D eigenvalue weighted by Crippen LogP contribution is -1.99. The Hall–Kier alpha value is -1.47. The lowest BCUT2D eigenvalue weighted by molar-refractivity contribution is 0.410. The highest BCUT2D eigenvalue weighted by atomic mass is 35.5. The minimum absolute atomic E-state index is 0.187. The summed E-state index contributed by atoms with van der Waals surface area (Å²) in [5.41, 5.74) is 4.67. The zero-order chi connectivity index (χ0) is 15.4. The first-order valence-corrected chi connectivity index (χ1v) is 7.82. The zero-order valence-electron chi connectivity index (χ0n) is 13.2. The summed E-state index contributed by atoms with van der Waals surface area (Å²) in [5.74, 6) is 1.51. The molecule has 0 fully saturated rings. The average molecular weight is 303 g/mol. The highest BCUT2D eigenvalue weighted by molar-refractivity contribution is 6.22. The molecule has 0 saturated carbocycles. The lowest BCUT2D eigenvalue weighted by Gasteiger charge is -2.16. The van der Waals surface area contributed by atoms with Gasteiger partial charge in [-0.05, 0) is 36.5 Å². The summed E-state index contributed by atoms with van der Waals surface area (Å²) in [6.45, 7) is 6.53. The van der Waals surface area contributed by atoms with Gasteiger partial charge in [0.05, 0.1) is 12.5 Å². The molecule has 0 aromatic heterocycles. The summed E-state index contributed by atoms with van der Waals surface area (Å²) in [5, 5.41) is -0.187. The number of rotatable bonds is 5. The summed E-state index contributed by atoms with van der Waals surface area (Å²) in [7, 11) is 1.68. The van der Waals surface area contributed by atoms with E-state index in [9.17, 15) is 0 Å². The van der Waals surface area contributed by atoms with E-state index in [0.29, 0.717) is 5.92 Å². The van der Waals surface area contributed by atoms with E-state index in [1.807, 2.05) is 12.1 Å². The van der Waals surface area contributed by atoms with Gasteiger partial charge in [-0.1, -0.05) is 55.8 Å². The van der Waals surface area contributed by atoms with Gasteiger partial charge in [-0.3, -0.25) is 0 Å². The Labute approximate surface area is 132 Å². The summed E-state index contributed by atoms with van der Waals surface area (Å²) in [6.07, 6.45) is 1.10. The molecule has 1 nitrogen and oxygen atoms in total. The third-order valence-electron chi connectivity index (χ3n) is 3.57. The molecule has 0 aliphatic heterocycles. The summed E-state index contributed by atoms with van der Waals surface area (Å²) in [4.78, 5) is 0. The molecule has 2 aromatic carbocycles. The first-order chi connectivity index (χ1) is 10.0. The topological polar surface area (TPSA) is 9.23 Å². The predicted molar refractivity (Wildman–Crippen MR) is 90.4 cm³/mol. The highest BCUT2D eigenvalue weighted by Crippen LogP contribution is 2.35. The molecule has 2 heteroatoms. The fourth-order valence-electron chi connectivity index (χ4n) is 2.53. The molecule has 1 atom stereocenters. The van der Waals surface area contributed by atoms with Crippen molar-refractivity contribution >= 4 is 11.6 Å². The summed E-state index contributed by atoms with van der Waals surface area (Å²) < 4.78 is 5.43. The Morgan fingerprint density at radius 3 is 2.29 bits per heavy atom. The molecule has 2 aromatic rings. The number of alkyl halides is 1. The minimum atomic E-state index is -0.187. The highest BCUT2D eigenvalue weighted by Gasteiger charge is 2.16. The number of benzene rings is 2. The van der Waals surface area contributed by atoms with Crippen molar-refractivity contribution in [1.82, 2.24) is 0 Å². The summed E-state index contributed by atoms with van der Waals surface area (Å²) >= 11 is 6.67. The molecule has 0 radical (unpaired) electrons. The molecule has 0 spiro atoms. The molecule has 0 aliphatic carbocycles. The first-order valence-electron chi connectivity index (χ1n) is 7.38. The number of halogens is 1. The monoisotopic (exact) mass is 302 g/mol. The average Bonchev–Trinajstić information content (AvgIpc) is 2.46. The van der Waals surface area contributed by atoms with Crippen LogP contribution in [0.1, 0.15) is 41.5 Å². The number of hydrogen-bond acceptors (Lipinski definition) is 1. The summed E-state index contributed by atoms with van der Waals surface area (Å²) in [6, 6.07) is 14.7. The fraction of sp³-hybridized carbons (Fsp3) is 0.368. The maximum atomic E-state index is 6.67. The van der Waals surface area contributed by atoms with Crippen LogP contribution in [0.5, 0.6) is 5.75 Å². The van der Waals surface area contributed by atoms with Crippen LogP contribution >= 0.6 is 11.6 Å². The Morgan fingerprint density at radius 1 is 1.05 bits per heavy atom. The Morgan fingerprint density at radius 2 is 1.71 bits per heavy atom. The van der Waals surface area contributed by atoms with Crippen molar-refractivity contribution in [3.63, 3.8) is 0 Å². The van der Waals surface area contributed by atoms with E-state index in [0.717, 1.165) is 23.3 Å². The van der Waals surface area contributed by atoms with Crippen LogP contribution in [0.2, 0.25) is 0 Å². The van der Waals surface area contributed by atoms with E-state index in [-0.39, 0.29) is 5.38 Å². The maximum absolute atomic E-state index is 6.67. The lowest BCUT2D eigenvalue weighted by atomic mass is 9.98. The van der Waals surface area contributed by atoms with E-state index >= 15 is 0 Å². The maximum Gasteiger partial charge on any atom is 0.123 e. The van der Waals surface area contributed by atoms with Gasteiger partial charge in [0, 0.05) is 5.56 Å². The molecule has 112 valence electrons. The molecule has 0 aliphatic rings. The van der Waals surface area contributed by atoms with Gasteiger partial charge in [0.25, 0.3) is 0 Å². The van der Waals surface area contributed by atoms with Crippen LogP contribution in [-0.4, -0.2) is 7.11 Å². The predicted octanol–water partition coefficient (Wildman–Crippen LogP) is 5.53. The van der Waals surface area contributed by atoms with Crippen LogP contribution < -0.4 is 4.74 Å². The Kier molecular flexibility index (Phi) is 5.30. The molecule has 0 N–H and O–H groups in total. The van der Waals surface area contributed by atoms with E-state index in [1.165, 1.54) is 11.1 Å². The number of ether oxygens (including phenoxy) is 1. The van der Waals surface area contributed by atoms with Crippen LogP contribution in [0.25, 0.3) is 0 Å². The number of methoxy groups -OCH3 is 1. The van der Waals surface area contributed by atoms with E-state index in [2.05, 4.69) is 51.1 Å². The molecule has 0 heterocycles. The number of aryl methyl sites for hydroxylation is 1. The standard InChI is InChI=1S/C19H23ClO/c1-13(2)11-15-6-8-16(9-7-15)19(20)17-12-14(3)5-10-18(17)21-4/h5-10,12-13,19H,11H2,1-4H3. The molecular weight excluding hydrogens is 280 g/mol. The van der Waals surface area contributed by atoms with E-state index in [4.69, 9.17) is 16.3 Å². The van der Waals surface area contributed by atoms with Crippen LogP contribution in [0.4, 0.5) is 0 Å². The van der Waals surface area contributed by atoms with Gasteiger partial charge in [0.1, 0.15) is 5.75 Å². The SMILES string of the molecule is COc1ccc(C)cc1C(Cl)c1ccc(CC(C)C)cc1. The van der Waals surface area contributed by atoms with Crippen LogP contribution in [0.3, 0.4) is 0 Å². The zero-order valence-corrected chi connectivity index (χ0v) is 13.9. The normalized spacial score (nSPS) is 12.5. The van der Waals surface area contributed by atoms with Gasteiger partial charge in [0.15, 0.2) is 0 Å². The smallest absolute Gasteiger partial charge is 0.123 e. The van der Waals surface area contributed by atoms with Crippen molar-refractivity contribution in [1.29, 1.82) is 0 Å². The van der Waals surface area contributed by atoms with Crippen molar-refractivity contribution in [3.8, 4) is 5.75 Å². The molecule has 0 saturated heterocycles. The largest absolute Gasteiger partial charge is 0.496 e. The molecule has 21 heavy (non-hydrogen) atoms.